The van der Waals surface area contributed by atoms with Crippen molar-refractivity contribution in [3.05, 3.63) is 98.5 Å². The van der Waals surface area contributed by atoms with E-state index in [-0.39, 0.29) is 0 Å². The topological polar surface area (TPSA) is 21.3 Å². The Morgan fingerprint density at radius 1 is 0.815 bits per heavy atom. The van der Waals surface area contributed by atoms with Gasteiger partial charge in [-0.2, -0.15) is 0 Å². The second-order valence-electron chi connectivity index (χ2n) is 5.87. The number of ether oxygens (including phenoxy) is 1. The third-order valence-electron chi connectivity index (χ3n) is 3.87. The summed E-state index contributed by atoms with van der Waals surface area (Å²) in [5.41, 5.74) is 3.00. The summed E-state index contributed by atoms with van der Waals surface area (Å²) in [6.07, 6.45) is 0. The molecule has 3 rings (SSSR count). The van der Waals surface area contributed by atoms with Crippen molar-refractivity contribution in [1.82, 2.24) is 5.32 Å². The molecule has 0 unspecified atom stereocenters. The number of thiocarbonyl (C=S) groups is 1. The van der Waals surface area contributed by atoms with Crippen molar-refractivity contribution in [1.29, 1.82) is 0 Å². The van der Waals surface area contributed by atoms with E-state index in [0.717, 1.165) is 27.5 Å². The fourth-order valence-corrected chi connectivity index (χ4v) is 3.04. The van der Waals surface area contributed by atoms with Gasteiger partial charge < -0.3 is 10.1 Å². The van der Waals surface area contributed by atoms with E-state index in [1.165, 1.54) is 0 Å². The summed E-state index contributed by atoms with van der Waals surface area (Å²) in [5, 5.41) is 5.01. The van der Waals surface area contributed by atoms with Crippen LogP contribution in [-0.4, -0.2) is 4.99 Å². The fourth-order valence-electron chi connectivity index (χ4n) is 2.39. The summed E-state index contributed by atoms with van der Waals surface area (Å²) < 4.78 is 5.78. The second-order valence-corrected chi connectivity index (χ2v) is 7.53. The standard InChI is InChI=1S/C21H16Cl3NOS/c22-17-6-1-14(2-7-17)12-25-21(27)16-4-8-18(9-5-16)26-13-15-3-10-19(23)20(24)11-15/h1-11H,12-13H2,(H,25,27). The summed E-state index contributed by atoms with van der Waals surface area (Å²) in [4.78, 5) is 0.681. The van der Waals surface area contributed by atoms with E-state index < -0.39 is 0 Å². The van der Waals surface area contributed by atoms with Crippen molar-refractivity contribution in [3.8, 4) is 5.75 Å². The molecule has 0 saturated carbocycles. The van der Waals surface area contributed by atoms with Gasteiger partial charge in [-0.1, -0.05) is 65.2 Å². The van der Waals surface area contributed by atoms with E-state index in [1.807, 2.05) is 54.6 Å². The Kier molecular flexibility index (Phi) is 6.97. The van der Waals surface area contributed by atoms with E-state index in [4.69, 9.17) is 51.8 Å². The molecule has 27 heavy (non-hydrogen) atoms. The first-order valence-electron chi connectivity index (χ1n) is 8.21. The molecular weight excluding hydrogens is 421 g/mol. The van der Waals surface area contributed by atoms with Crippen LogP contribution in [0.15, 0.2) is 66.7 Å². The minimum atomic E-state index is 0.412. The maximum Gasteiger partial charge on any atom is 0.119 e. The van der Waals surface area contributed by atoms with Gasteiger partial charge in [0.2, 0.25) is 0 Å². The molecule has 3 aromatic carbocycles. The average Bonchev–Trinajstić information content (AvgIpc) is 2.68. The van der Waals surface area contributed by atoms with Crippen LogP contribution in [0.3, 0.4) is 0 Å². The van der Waals surface area contributed by atoms with Crippen LogP contribution < -0.4 is 10.1 Å². The van der Waals surface area contributed by atoms with Gasteiger partial charge in [0.25, 0.3) is 0 Å². The average molecular weight is 437 g/mol. The van der Waals surface area contributed by atoms with Gasteiger partial charge in [0.15, 0.2) is 0 Å². The number of rotatable bonds is 6. The monoisotopic (exact) mass is 435 g/mol. The van der Waals surface area contributed by atoms with Crippen LogP contribution in [-0.2, 0) is 13.2 Å². The first-order chi connectivity index (χ1) is 13.0. The van der Waals surface area contributed by atoms with Crippen molar-refractivity contribution in [3.63, 3.8) is 0 Å². The van der Waals surface area contributed by atoms with E-state index in [1.54, 1.807) is 12.1 Å². The van der Waals surface area contributed by atoms with Crippen LogP contribution in [0, 0.1) is 0 Å². The van der Waals surface area contributed by atoms with Crippen LogP contribution in [0.25, 0.3) is 0 Å². The van der Waals surface area contributed by atoms with Gasteiger partial charge in [-0.15, -0.1) is 0 Å². The Balaban J connectivity index is 1.53. The molecule has 0 atom stereocenters. The van der Waals surface area contributed by atoms with Crippen molar-refractivity contribution in [2.24, 2.45) is 0 Å². The molecule has 6 heteroatoms. The highest BCUT2D eigenvalue weighted by atomic mass is 35.5. The Morgan fingerprint density at radius 3 is 2.15 bits per heavy atom. The summed E-state index contributed by atoms with van der Waals surface area (Å²) in [5.74, 6) is 0.755. The zero-order valence-corrected chi connectivity index (χ0v) is 17.3. The lowest BCUT2D eigenvalue weighted by Gasteiger charge is -2.10. The van der Waals surface area contributed by atoms with Gasteiger partial charge in [-0.3, -0.25) is 0 Å². The van der Waals surface area contributed by atoms with E-state index in [2.05, 4.69) is 5.32 Å². The van der Waals surface area contributed by atoms with E-state index in [0.29, 0.717) is 28.2 Å². The largest absolute Gasteiger partial charge is 0.489 e. The Hall–Kier alpha value is -1.78. The molecule has 0 heterocycles. The molecule has 0 amide bonds. The maximum absolute atomic E-state index is 6.02. The van der Waals surface area contributed by atoms with Crippen LogP contribution in [0.1, 0.15) is 16.7 Å². The zero-order valence-electron chi connectivity index (χ0n) is 14.2. The van der Waals surface area contributed by atoms with Crippen LogP contribution in [0.5, 0.6) is 5.75 Å². The highest BCUT2D eigenvalue weighted by Gasteiger charge is 2.04. The number of hydrogen-bond acceptors (Lipinski definition) is 2. The summed E-state index contributed by atoms with van der Waals surface area (Å²) in [6, 6.07) is 20.8. The van der Waals surface area contributed by atoms with Crippen molar-refractivity contribution in [2.75, 3.05) is 0 Å². The second kappa shape index (κ2) is 9.43. The van der Waals surface area contributed by atoms with E-state index >= 15 is 0 Å². The SMILES string of the molecule is S=C(NCc1ccc(Cl)cc1)c1ccc(OCc2ccc(Cl)c(Cl)c2)cc1. The molecule has 0 bridgehead atoms. The molecule has 0 aliphatic carbocycles. The maximum atomic E-state index is 6.02. The van der Waals surface area contributed by atoms with Crippen LogP contribution in [0.4, 0.5) is 0 Å². The Labute approximate surface area is 179 Å². The third-order valence-corrected chi connectivity index (χ3v) is 5.24. The smallest absolute Gasteiger partial charge is 0.119 e. The number of halogens is 3. The lowest BCUT2D eigenvalue weighted by Crippen LogP contribution is -2.21. The van der Waals surface area contributed by atoms with Crippen molar-refractivity contribution < 1.29 is 4.74 Å². The molecule has 0 fully saturated rings. The van der Waals surface area contributed by atoms with Gasteiger partial charge in [0, 0.05) is 17.1 Å². The molecule has 1 N–H and O–H groups in total. The number of hydrogen-bond donors (Lipinski definition) is 1. The summed E-state index contributed by atoms with van der Waals surface area (Å²) in [7, 11) is 0. The fraction of sp³-hybridized carbons (Fsp3) is 0.0952. The van der Waals surface area contributed by atoms with E-state index in [9.17, 15) is 0 Å². The molecule has 0 saturated heterocycles. The van der Waals surface area contributed by atoms with Crippen molar-refractivity contribution in [2.45, 2.75) is 13.2 Å². The molecule has 0 aliphatic rings. The number of benzene rings is 3. The minimum absolute atomic E-state index is 0.412. The highest BCUT2D eigenvalue weighted by Crippen LogP contribution is 2.23. The quantitative estimate of drug-likeness (QED) is 0.435. The Morgan fingerprint density at radius 2 is 1.48 bits per heavy atom. The van der Waals surface area contributed by atoms with Gasteiger partial charge >= 0.3 is 0 Å². The van der Waals surface area contributed by atoms with Crippen molar-refractivity contribution >= 4 is 52.0 Å². The lowest BCUT2D eigenvalue weighted by molar-refractivity contribution is 0.306. The van der Waals surface area contributed by atoms with Gasteiger partial charge in [-0.25, -0.2) is 0 Å². The predicted molar refractivity (Wildman–Crippen MR) is 117 cm³/mol. The van der Waals surface area contributed by atoms with Gasteiger partial charge in [0.05, 0.1) is 10.0 Å². The first kappa shape index (κ1) is 20.0. The summed E-state index contributed by atoms with van der Waals surface area (Å²) >= 11 is 23.3. The molecule has 0 radical (unpaired) electrons. The predicted octanol–water partition coefficient (Wildman–Crippen LogP) is 6.69. The van der Waals surface area contributed by atoms with Crippen LogP contribution >= 0.6 is 47.0 Å². The Bertz CT molecular complexity index is 927. The lowest BCUT2D eigenvalue weighted by atomic mass is 10.2. The van der Waals surface area contributed by atoms with Crippen LogP contribution in [0.2, 0.25) is 15.1 Å². The molecule has 2 nitrogen and oxygen atoms in total. The molecule has 3 aromatic rings. The van der Waals surface area contributed by atoms with Gasteiger partial charge in [0.1, 0.15) is 17.3 Å². The molecule has 0 aromatic heterocycles. The zero-order chi connectivity index (χ0) is 19.2. The highest BCUT2D eigenvalue weighted by molar-refractivity contribution is 7.80. The molecule has 138 valence electrons. The third kappa shape index (κ3) is 5.85. The summed E-state index contributed by atoms with van der Waals surface area (Å²) in [6.45, 7) is 1.06. The van der Waals surface area contributed by atoms with Gasteiger partial charge in [-0.05, 0) is 59.7 Å². The first-order valence-corrected chi connectivity index (χ1v) is 9.75. The molecule has 0 spiro atoms. The number of nitrogens with one attached hydrogen (secondary N) is 1. The minimum Gasteiger partial charge on any atom is -0.489 e. The molecule has 0 aliphatic heterocycles. The normalized spacial score (nSPS) is 10.5. The molecular formula is C21H16Cl3NOS.